The molecule has 30 heavy (non-hydrogen) atoms. The average molecular weight is 436 g/mol. The van der Waals surface area contributed by atoms with Gasteiger partial charge in [-0.1, -0.05) is 107 Å². The zero-order chi connectivity index (χ0) is 21.8. The monoisotopic (exact) mass is 435 g/mol. The van der Waals surface area contributed by atoms with Crippen molar-refractivity contribution < 1.29 is 4.43 Å². The second-order valence-corrected chi connectivity index (χ2v) is 19.4. The molecule has 0 radical (unpaired) electrons. The summed E-state index contributed by atoms with van der Waals surface area (Å²) in [5, 5.41) is 6.33. The minimum absolute atomic E-state index is 0.0100. The first-order valence-electron chi connectivity index (χ1n) is 11.2. The van der Waals surface area contributed by atoms with Gasteiger partial charge in [-0.2, -0.15) is 0 Å². The lowest BCUT2D eigenvalue weighted by Gasteiger charge is -2.47. The predicted molar refractivity (Wildman–Crippen MR) is 135 cm³/mol. The smallest absolute Gasteiger partial charge is 0.261 e. The first kappa shape index (κ1) is 23.0. The first-order valence-corrected chi connectivity index (χ1v) is 16.6. The first-order chi connectivity index (χ1) is 14.1. The molecule has 0 aromatic heterocycles. The van der Waals surface area contributed by atoms with Crippen LogP contribution in [-0.2, 0) is 4.43 Å². The van der Waals surface area contributed by atoms with Gasteiger partial charge in [0.05, 0.1) is 12.1 Å². The third-order valence-corrected chi connectivity index (χ3v) is 11.7. The standard InChI is InChI=1S/C26H37NOSi2/c1-26(2,3)30(22-14-9-7-10-15-22,23-16-11-8-12-17-23)28-25-18-13-20-27-24(25)19-21-29(4,5)6/h7-12,14-17,24-25,27H,13,18,20H2,1-6H3/t24-,25+/m1/s1. The maximum absolute atomic E-state index is 7.38. The molecule has 0 saturated carbocycles. The third kappa shape index (κ3) is 5.15. The van der Waals surface area contributed by atoms with E-state index in [-0.39, 0.29) is 17.2 Å². The van der Waals surface area contributed by atoms with E-state index in [4.69, 9.17) is 4.43 Å². The Bertz CT molecular complexity index is 833. The highest BCUT2D eigenvalue weighted by atomic mass is 28.4. The Labute approximate surface area is 185 Å². The van der Waals surface area contributed by atoms with E-state index in [2.05, 4.69) is 118 Å². The van der Waals surface area contributed by atoms with Gasteiger partial charge in [-0.25, -0.2) is 0 Å². The number of hydrogen-bond donors (Lipinski definition) is 1. The Hall–Kier alpha value is -1.65. The van der Waals surface area contributed by atoms with Crippen molar-refractivity contribution in [3.63, 3.8) is 0 Å². The topological polar surface area (TPSA) is 21.3 Å². The number of benzene rings is 2. The van der Waals surface area contributed by atoms with E-state index in [1.807, 2.05) is 0 Å². The van der Waals surface area contributed by atoms with Crippen LogP contribution in [0.5, 0.6) is 0 Å². The molecule has 0 spiro atoms. The number of rotatable bonds is 4. The highest BCUT2D eigenvalue weighted by Gasteiger charge is 2.52. The van der Waals surface area contributed by atoms with E-state index in [1.165, 1.54) is 10.4 Å². The molecule has 0 bridgehead atoms. The van der Waals surface area contributed by atoms with Crippen molar-refractivity contribution in [2.75, 3.05) is 6.54 Å². The molecule has 3 rings (SSSR count). The van der Waals surface area contributed by atoms with E-state index in [9.17, 15) is 0 Å². The lowest BCUT2D eigenvalue weighted by Crippen LogP contribution is -2.69. The van der Waals surface area contributed by atoms with Crippen LogP contribution >= 0.6 is 0 Å². The van der Waals surface area contributed by atoms with Gasteiger partial charge in [0.25, 0.3) is 8.32 Å². The molecule has 2 nitrogen and oxygen atoms in total. The molecule has 2 aromatic rings. The molecule has 0 unspecified atom stereocenters. The molecule has 1 N–H and O–H groups in total. The van der Waals surface area contributed by atoms with E-state index < -0.39 is 16.4 Å². The summed E-state index contributed by atoms with van der Waals surface area (Å²) < 4.78 is 7.38. The van der Waals surface area contributed by atoms with Crippen LogP contribution in [0, 0.1) is 11.5 Å². The van der Waals surface area contributed by atoms with Crippen LogP contribution in [0.25, 0.3) is 0 Å². The highest BCUT2D eigenvalue weighted by Crippen LogP contribution is 2.38. The van der Waals surface area contributed by atoms with Crippen LogP contribution in [0.1, 0.15) is 33.6 Å². The van der Waals surface area contributed by atoms with Crippen LogP contribution in [0.2, 0.25) is 24.7 Å². The Morgan fingerprint density at radius 2 is 1.43 bits per heavy atom. The molecule has 1 saturated heterocycles. The van der Waals surface area contributed by atoms with E-state index in [0.29, 0.717) is 0 Å². The number of nitrogens with one attached hydrogen (secondary N) is 1. The minimum atomic E-state index is -2.55. The SMILES string of the molecule is CC(C)(C)[Si](O[C@H]1CCCN[C@@H]1C#C[Si](C)(C)C)(c1ccccc1)c1ccccc1. The van der Waals surface area contributed by atoms with Crippen molar-refractivity contribution >= 4 is 26.8 Å². The summed E-state index contributed by atoms with van der Waals surface area (Å²) in [5.74, 6) is 3.59. The Morgan fingerprint density at radius 1 is 0.900 bits per heavy atom. The molecule has 1 heterocycles. The van der Waals surface area contributed by atoms with E-state index in [0.717, 1.165) is 19.4 Å². The van der Waals surface area contributed by atoms with Crippen molar-refractivity contribution in [3.05, 3.63) is 60.7 Å². The van der Waals surface area contributed by atoms with Gasteiger partial charge < -0.3 is 9.74 Å². The summed E-state index contributed by atoms with van der Waals surface area (Å²) in [6, 6.07) is 22.0. The quantitative estimate of drug-likeness (QED) is 0.561. The van der Waals surface area contributed by atoms with Crippen LogP contribution in [-0.4, -0.2) is 35.1 Å². The van der Waals surface area contributed by atoms with Gasteiger partial charge in [0.2, 0.25) is 0 Å². The lowest BCUT2D eigenvalue weighted by molar-refractivity contribution is 0.131. The van der Waals surface area contributed by atoms with Crippen molar-refractivity contribution in [2.24, 2.45) is 0 Å². The normalized spacial score (nSPS) is 20.3. The Kier molecular flexibility index (Phi) is 7.09. The summed E-state index contributed by atoms with van der Waals surface area (Å²) in [5.41, 5.74) is 3.59. The van der Waals surface area contributed by atoms with Crippen LogP contribution in [0.4, 0.5) is 0 Å². The van der Waals surface area contributed by atoms with Crippen LogP contribution < -0.4 is 15.7 Å². The summed E-state index contributed by atoms with van der Waals surface area (Å²) >= 11 is 0. The maximum atomic E-state index is 7.38. The maximum Gasteiger partial charge on any atom is 0.261 e. The van der Waals surface area contributed by atoms with Gasteiger partial charge in [-0.15, -0.1) is 5.54 Å². The highest BCUT2D eigenvalue weighted by molar-refractivity contribution is 6.99. The molecular weight excluding hydrogens is 398 g/mol. The van der Waals surface area contributed by atoms with Crippen molar-refractivity contribution in [3.8, 4) is 11.5 Å². The van der Waals surface area contributed by atoms with Gasteiger partial charge in [0.1, 0.15) is 8.07 Å². The van der Waals surface area contributed by atoms with Gasteiger partial charge in [-0.05, 0) is 34.8 Å². The molecule has 2 aromatic carbocycles. The van der Waals surface area contributed by atoms with Gasteiger partial charge >= 0.3 is 0 Å². The summed E-state index contributed by atoms with van der Waals surface area (Å²) in [7, 11) is -3.99. The van der Waals surface area contributed by atoms with Gasteiger partial charge in [0.15, 0.2) is 0 Å². The number of piperidine rings is 1. The predicted octanol–water partition coefficient (Wildman–Crippen LogP) is 4.56. The summed E-state index contributed by atoms with van der Waals surface area (Å²) in [4.78, 5) is 0. The fourth-order valence-electron chi connectivity index (χ4n) is 4.34. The van der Waals surface area contributed by atoms with E-state index in [1.54, 1.807) is 0 Å². The van der Waals surface area contributed by atoms with Crippen LogP contribution in [0.15, 0.2) is 60.7 Å². The summed E-state index contributed by atoms with van der Waals surface area (Å²) in [6.07, 6.45) is 2.30. The largest absolute Gasteiger partial charge is 0.402 e. The molecule has 0 aliphatic carbocycles. The van der Waals surface area contributed by atoms with Gasteiger partial charge in [-0.3, -0.25) is 0 Å². The van der Waals surface area contributed by atoms with Crippen molar-refractivity contribution in [2.45, 2.75) is 70.4 Å². The minimum Gasteiger partial charge on any atom is -0.402 e. The fraction of sp³-hybridized carbons (Fsp3) is 0.462. The zero-order valence-electron chi connectivity index (χ0n) is 19.5. The third-order valence-electron chi connectivity index (χ3n) is 5.75. The Balaban J connectivity index is 2.11. The molecule has 4 heteroatoms. The Morgan fingerprint density at radius 3 is 1.90 bits per heavy atom. The average Bonchev–Trinajstić information content (AvgIpc) is 2.71. The molecule has 1 aliphatic rings. The van der Waals surface area contributed by atoms with Crippen LogP contribution in [0.3, 0.4) is 0 Å². The molecule has 160 valence electrons. The fourth-order valence-corrected chi connectivity index (χ4v) is 9.65. The number of hydrogen-bond acceptors (Lipinski definition) is 2. The van der Waals surface area contributed by atoms with E-state index >= 15 is 0 Å². The molecule has 2 atom stereocenters. The van der Waals surface area contributed by atoms with Crippen molar-refractivity contribution in [1.82, 2.24) is 5.32 Å². The zero-order valence-corrected chi connectivity index (χ0v) is 21.5. The second kappa shape index (κ2) is 9.24. The molecular formula is C26H37NOSi2. The molecule has 0 amide bonds. The second-order valence-electron chi connectivity index (χ2n) is 10.4. The molecule has 1 fully saturated rings. The van der Waals surface area contributed by atoms with Crippen molar-refractivity contribution in [1.29, 1.82) is 0 Å². The lowest BCUT2D eigenvalue weighted by atomic mass is 10.0. The van der Waals surface area contributed by atoms with Gasteiger partial charge in [0, 0.05) is 0 Å². The summed E-state index contributed by atoms with van der Waals surface area (Å²) in [6.45, 7) is 15.0. The molecule has 1 aliphatic heterocycles.